The van der Waals surface area contributed by atoms with Gasteiger partial charge in [0.15, 0.2) is 0 Å². The summed E-state index contributed by atoms with van der Waals surface area (Å²) >= 11 is 10.8. The molecule has 0 bridgehead atoms. The van der Waals surface area contributed by atoms with Crippen molar-refractivity contribution in [2.24, 2.45) is 5.73 Å². The Hall–Kier alpha value is -1.05. The summed E-state index contributed by atoms with van der Waals surface area (Å²) in [5, 5.41) is 0.364. The molecule has 2 N–H and O–H groups in total. The van der Waals surface area contributed by atoms with Crippen LogP contribution in [0, 0.1) is 0 Å². The van der Waals surface area contributed by atoms with Gasteiger partial charge in [-0.15, -0.1) is 0 Å². The van der Waals surface area contributed by atoms with Crippen LogP contribution < -0.4 is 10.5 Å². The number of rotatable bonds is 7. The predicted octanol–water partition coefficient (Wildman–Crippen LogP) is 3.32. The lowest BCUT2D eigenvalue weighted by Gasteiger charge is -2.12. The number of thiocarbonyl (C=S) groups is 1. The van der Waals surface area contributed by atoms with Crippen LogP contribution in [0.25, 0.3) is 0 Å². The zero-order chi connectivity index (χ0) is 15.2. The summed E-state index contributed by atoms with van der Waals surface area (Å²) in [7, 11) is 0. The average molecular weight is 328 g/mol. The van der Waals surface area contributed by atoms with E-state index >= 15 is 0 Å². The van der Waals surface area contributed by atoms with Crippen molar-refractivity contribution in [1.29, 1.82) is 0 Å². The van der Waals surface area contributed by atoms with Crippen LogP contribution in [0.15, 0.2) is 18.2 Å². The molecule has 0 heterocycles. The van der Waals surface area contributed by atoms with Crippen LogP contribution in [0.1, 0.15) is 12.0 Å². The fraction of sp³-hybridized carbons (Fsp3) is 0.417. The van der Waals surface area contributed by atoms with Crippen LogP contribution in [0.4, 0.5) is 13.2 Å². The highest BCUT2D eigenvalue weighted by atomic mass is 35.5. The molecule has 3 nitrogen and oxygen atoms in total. The Morgan fingerprint density at radius 3 is 2.60 bits per heavy atom. The maximum absolute atomic E-state index is 11.8. The molecule has 0 aliphatic rings. The summed E-state index contributed by atoms with van der Waals surface area (Å²) in [5.41, 5.74) is 5.95. The van der Waals surface area contributed by atoms with Crippen LogP contribution in [0.2, 0.25) is 5.02 Å². The number of nitrogens with two attached hydrogens (primary N) is 1. The number of benzene rings is 1. The van der Waals surface area contributed by atoms with Gasteiger partial charge < -0.3 is 15.2 Å². The minimum atomic E-state index is -4.31. The summed E-state index contributed by atoms with van der Waals surface area (Å²) in [6.45, 7) is -1.14. The Kier molecular flexibility index (Phi) is 6.51. The fourth-order valence-corrected chi connectivity index (χ4v) is 1.93. The summed E-state index contributed by atoms with van der Waals surface area (Å²) in [4.78, 5) is 0.0962. The van der Waals surface area contributed by atoms with E-state index in [0.717, 1.165) is 0 Å². The molecule has 0 amide bonds. The van der Waals surface area contributed by atoms with E-state index in [1.165, 1.54) is 0 Å². The Morgan fingerprint density at radius 2 is 2.00 bits per heavy atom. The van der Waals surface area contributed by atoms with Crippen molar-refractivity contribution < 1.29 is 22.6 Å². The normalized spacial score (nSPS) is 11.4. The Morgan fingerprint density at radius 1 is 1.30 bits per heavy atom. The highest BCUT2D eigenvalue weighted by Gasteiger charge is 2.27. The van der Waals surface area contributed by atoms with E-state index < -0.39 is 12.8 Å². The van der Waals surface area contributed by atoms with Gasteiger partial charge in [-0.2, -0.15) is 13.2 Å². The fourth-order valence-electron chi connectivity index (χ4n) is 1.39. The Bertz CT molecular complexity index is 469. The van der Waals surface area contributed by atoms with Crippen molar-refractivity contribution >= 4 is 28.8 Å². The maximum Gasteiger partial charge on any atom is 0.411 e. The van der Waals surface area contributed by atoms with E-state index in [1.54, 1.807) is 18.2 Å². The lowest BCUT2D eigenvalue weighted by Crippen LogP contribution is -2.18. The largest absolute Gasteiger partial charge is 0.493 e. The van der Waals surface area contributed by atoms with Gasteiger partial charge in [0.1, 0.15) is 17.3 Å². The number of alkyl halides is 3. The zero-order valence-corrected chi connectivity index (χ0v) is 11.9. The number of hydrogen-bond acceptors (Lipinski definition) is 3. The lowest BCUT2D eigenvalue weighted by atomic mass is 10.2. The summed E-state index contributed by atoms with van der Waals surface area (Å²) in [6, 6.07) is 4.92. The van der Waals surface area contributed by atoms with Crippen LogP contribution >= 0.6 is 23.8 Å². The molecule has 0 saturated heterocycles. The molecule has 0 fully saturated rings. The van der Waals surface area contributed by atoms with Gasteiger partial charge in [0.2, 0.25) is 0 Å². The zero-order valence-electron chi connectivity index (χ0n) is 10.4. The molecule has 1 aromatic carbocycles. The first-order chi connectivity index (χ1) is 9.31. The molecular weight excluding hydrogens is 315 g/mol. The van der Waals surface area contributed by atoms with Gasteiger partial charge in [0.05, 0.1) is 23.8 Å². The highest BCUT2D eigenvalue weighted by Crippen LogP contribution is 2.26. The number of ether oxygens (including phenoxy) is 2. The third kappa shape index (κ3) is 5.94. The summed E-state index contributed by atoms with van der Waals surface area (Å²) in [6.07, 6.45) is -4.01. The minimum absolute atomic E-state index is 0.0531. The Balaban J connectivity index is 2.40. The third-order valence-electron chi connectivity index (χ3n) is 2.18. The number of hydrogen-bond donors (Lipinski definition) is 1. The lowest BCUT2D eigenvalue weighted by molar-refractivity contribution is -0.174. The topological polar surface area (TPSA) is 44.5 Å². The quantitative estimate of drug-likeness (QED) is 0.616. The minimum Gasteiger partial charge on any atom is -0.493 e. The first-order valence-electron chi connectivity index (χ1n) is 5.67. The molecule has 20 heavy (non-hydrogen) atoms. The van der Waals surface area contributed by atoms with E-state index in [-0.39, 0.29) is 18.2 Å². The highest BCUT2D eigenvalue weighted by molar-refractivity contribution is 7.80. The van der Waals surface area contributed by atoms with E-state index in [1.807, 2.05) is 0 Å². The molecule has 0 spiro atoms. The second kappa shape index (κ2) is 7.66. The standard InChI is InChI=1S/C12H13ClF3NO2S/c13-8-3-1-4-9(10(8)11(17)20)19-6-2-5-18-7-12(14,15)16/h1,3-4H,2,5-7H2,(H2,17,20). The van der Waals surface area contributed by atoms with Crippen molar-refractivity contribution in [3.63, 3.8) is 0 Å². The molecule has 0 aliphatic carbocycles. The van der Waals surface area contributed by atoms with Gasteiger partial charge in [-0.05, 0) is 12.1 Å². The predicted molar refractivity (Wildman–Crippen MR) is 74.3 cm³/mol. The Labute approximate surface area is 124 Å². The average Bonchev–Trinajstić information content (AvgIpc) is 2.31. The van der Waals surface area contributed by atoms with Crippen molar-refractivity contribution in [3.05, 3.63) is 28.8 Å². The third-order valence-corrected chi connectivity index (χ3v) is 2.70. The van der Waals surface area contributed by atoms with Gasteiger partial charge >= 0.3 is 6.18 Å². The van der Waals surface area contributed by atoms with Crippen molar-refractivity contribution in [2.75, 3.05) is 19.8 Å². The van der Waals surface area contributed by atoms with Gasteiger partial charge in [0, 0.05) is 6.42 Å². The van der Waals surface area contributed by atoms with Crippen LogP contribution in [-0.4, -0.2) is 31.0 Å². The van der Waals surface area contributed by atoms with Crippen LogP contribution in [0.5, 0.6) is 5.75 Å². The van der Waals surface area contributed by atoms with E-state index in [0.29, 0.717) is 22.8 Å². The molecule has 0 radical (unpaired) electrons. The molecule has 0 aliphatic heterocycles. The molecule has 0 saturated carbocycles. The molecular formula is C12H13ClF3NO2S. The molecule has 0 atom stereocenters. The molecule has 0 unspecified atom stereocenters. The van der Waals surface area contributed by atoms with Gasteiger partial charge in [-0.25, -0.2) is 0 Å². The van der Waals surface area contributed by atoms with Crippen molar-refractivity contribution in [3.8, 4) is 5.75 Å². The molecule has 112 valence electrons. The monoisotopic (exact) mass is 327 g/mol. The van der Waals surface area contributed by atoms with Crippen LogP contribution in [-0.2, 0) is 4.74 Å². The van der Waals surface area contributed by atoms with Gasteiger partial charge in [-0.1, -0.05) is 29.9 Å². The molecule has 0 aromatic heterocycles. The summed E-state index contributed by atoms with van der Waals surface area (Å²) in [5.74, 6) is 0.404. The smallest absolute Gasteiger partial charge is 0.411 e. The first kappa shape index (κ1) is 17.0. The second-order valence-electron chi connectivity index (χ2n) is 3.85. The molecule has 8 heteroatoms. The number of halogens is 4. The van der Waals surface area contributed by atoms with Gasteiger partial charge in [-0.3, -0.25) is 0 Å². The molecule has 1 rings (SSSR count). The van der Waals surface area contributed by atoms with Crippen LogP contribution in [0.3, 0.4) is 0 Å². The molecule has 1 aromatic rings. The van der Waals surface area contributed by atoms with E-state index in [4.69, 9.17) is 34.3 Å². The van der Waals surface area contributed by atoms with Crippen molar-refractivity contribution in [2.45, 2.75) is 12.6 Å². The van der Waals surface area contributed by atoms with E-state index in [2.05, 4.69) is 4.74 Å². The first-order valence-corrected chi connectivity index (χ1v) is 6.45. The van der Waals surface area contributed by atoms with E-state index in [9.17, 15) is 13.2 Å². The van der Waals surface area contributed by atoms with Crippen molar-refractivity contribution in [1.82, 2.24) is 0 Å². The second-order valence-corrected chi connectivity index (χ2v) is 4.69. The maximum atomic E-state index is 11.8. The SMILES string of the molecule is NC(=S)c1c(Cl)cccc1OCCCOCC(F)(F)F. The van der Waals surface area contributed by atoms with Gasteiger partial charge in [0.25, 0.3) is 0 Å². The summed E-state index contributed by atoms with van der Waals surface area (Å²) < 4.78 is 45.3.